The number of hydrogen-bond acceptors (Lipinski definition) is 2. The van der Waals surface area contributed by atoms with E-state index in [-0.39, 0.29) is 1.43 Å². The van der Waals surface area contributed by atoms with Crippen molar-refractivity contribution in [2.24, 2.45) is 0 Å². The lowest BCUT2D eigenvalue weighted by Gasteiger charge is -2.41. The molecule has 0 aromatic rings. The molecule has 0 amide bonds. The number of nitrogens with zero attached hydrogens (tertiary/aromatic N) is 1. The molecule has 0 spiro atoms. The Labute approximate surface area is 90.5 Å². The Morgan fingerprint density at radius 1 is 1.36 bits per heavy atom. The summed E-state index contributed by atoms with van der Waals surface area (Å²) in [4.78, 5) is 2.64. The molecule has 2 heteroatoms. The molecule has 0 saturated heterocycles. The summed E-state index contributed by atoms with van der Waals surface area (Å²) in [6.07, 6.45) is 5.53. The van der Waals surface area contributed by atoms with Crippen molar-refractivity contribution in [3.63, 3.8) is 0 Å². The first kappa shape index (κ1) is 12.0. The van der Waals surface area contributed by atoms with Crippen molar-refractivity contribution in [1.82, 2.24) is 10.2 Å². The Balaban J connectivity index is 0.00000196. The first-order chi connectivity index (χ1) is 6.70. The fourth-order valence-electron chi connectivity index (χ4n) is 2.83. The summed E-state index contributed by atoms with van der Waals surface area (Å²) in [6.45, 7) is 8.08. The zero-order valence-corrected chi connectivity index (χ0v) is 10.2. The molecule has 0 aromatic heterocycles. The summed E-state index contributed by atoms with van der Waals surface area (Å²) in [7, 11) is 2.11. The monoisotopic (exact) mass is 200 g/mol. The lowest BCUT2D eigenvalue weighted by Crippen LogP contribution is -2.53. The van der Waals surface area contributed by atoms with Gasteiger partial charge in [-0.2, -0.15) is 0 Å². The van der Waals surface area contributed by atoms with Crippen LogP contribution in [0.3, 0.4) is 0 Å². The average molecular weight is 200 g/mol. The van der Waals surface area contributed by atoms with Crippen LogP contribution in [0.15, 0.2) is 0 Å². The summed E-state index contributed by atoms with van der Waals surface area (Å²) in [5.41, 5.74) is 0. The molecule has 1 aliphatic rings. The van der Waals surface area contributed by atoms with Gasteiger partial charge in [0.1, 0.15) is 0 Å². The van der Waals surface area contributed by atoms with Gasteiger partial charge in [0.2, 0.25) is 0 Å². The van der Waals surface area contributed by atoms with E-state index in [4.69, 9.17) is 0 Å². The minimum Gasteiger partial charge on any atom is -0.315 e. The molecule has 1 saturated carbocycles. The lowest BCUT2D eigenvalue weighted by atomic mass is 9.88. The molecule has 2 atom stereocenters. The molecule has 86 valence electrons. The zero-order valence-electron chi connectivity index (χ0n) is 10.2. The molecule has 2 nitrogen and oxygen atoms in total. The Bertz CT molecular complexity index is 162. The molecular formula is C12H28N2. The first-order valence-electron chi connectivity index (χ1n) is 6.13. The molecule has 14 heavy (non-hydrogen) atoms. The largest absolute Gasteiger partial charge is 0.315 e. The SMILES string of the molecule is CCN(C(C)C)[C@H]1CCCC[C@@H]1NC.[HH]. The second-order valence-corrected chi connectivity index (χ2v) is 4.67. The van der Waals surface area contributed by atoms with E-state index < -0.39 is 0 Å². The maximum atomic E-state index is 3.48. The Kier molecular flexibility index (Phi) is 4.90. The quantitative estimate of drug-likeness (QED) is 0.750. The smallest absolute Gasteiger partial charge is 0.0251 e. The van der Waals surface area contributed by atoms with E-state index >= 15 is 0 Å². The third-order valence-electron chi connectivity index (χ3n) is 3.55. The maximum absolute atomic E-state index is 3.48. The minimum absolute atomic E-state index is 0. The van der Waals surface area contributed by atoms with Crippen molar-refractivity contribution in [1.29, 1.82) is 0 Å². The van der Waals surface area contributed by atoms with Crippen LogP contribution in [-0.4, -0.2) is 36.6 Å². The summed E-state index contributed by atoms with van der Waals surface area (Å²) < 4.78 is 0. The number of likely N-dealkylation sites (N-methyl/N-ethyl adjacent to an activating group) is 2. The van der Waals surface area contributed by atoms with Crippen LogP contribution in [0.1, 0.15) is 47.9 Å². The highest BCUT2D eigenvalue weighted by Gasteiger charge is 2.29. The minimum atomic E-state index is 0. The van der Waals surface area contributed by atoms with Gasteiger partial charge in [-0.05, 0) is 40.3 Å². The topological polar surface area (TPSA) is 15.3 Å². The van der Waals surface area contributed by atoms with Gasteiger partial charge in [-0.15, -0.1) is 0 Å². The highest BCUT2D eigenvalue weighted by atomic mass is 15.2. The molecular weight excluding hydrogens is 172 g/mol. The predicted octanol–water partition coefficient (Wildman–Crippen LogP) is 2.49. The van der Waals surface area contributed by atoms with Crippen LogP contribution in [0.5, 0.6) is 0 Å². The molecule has 1 N–H and O–H groups in total. The summed E-state index contributed by atoms with van der Waals surface area (Å²) in [5, 5.41) is 3.48. The Morgan fingerprint density at radius 2 is 2.00 bits per heavy atom. The van der Waals surface area contributed by atoms with Crippen molar-refractivity contribution in [2.75, 3.05) is 13.6 Å². The van der Waals surface area contributed by atoms with Crippen LogP contribution in [-0.2, 0) is 0 Å². The standard InChI is InChI=1S/C12H26N2.H2/c1-5-14(10(2)3)12-9-7-6-8-11(12)13-4;/h10-13H,5-9H2,1-4H3;1H/t11-,12-;/m0./s1. The molecule has 0 bridgehead atoms. The van der Waals surface area contributed by atoms with E-state index in [0.717, 1.165) is 6.04 Å². The Morgan fingerprint density at radius 3 is 2.50 bits per heavy atom. The van der Waals surface area contributed by atoms with Gasteiger partial charge in [0, 0.05) is 19.6 Å². The highest BCUT2D eigenvalue weighted by Crippen LogP contribution is 2.24. The first-order valence-corrected chi connectivity index (χ1v) is 6.13. The summed E-state index contributed by atoms with van der Waals surface area (Å²) >= 11 is 0. The number of hydrogen-bond donors (Lipinski definition) is 1. The zero-order chi connectivity index (χ0) is 10.6. The second kappa shape index (κ2) is 5.72. The van der Waals surface area contributed by atoms with Crippen molar-refractivity contribution in [3.8, 4) is 0 Å². The van der Waals surface area contributed by atoms with Crippen molar-refractivity contribution in [3.05, 3.63) is 0 Å². The van der Waals surface area contributed by atoms with Crippen LogP contribution < -0.4 is 5.32 Å². The van der Waals surface area contributed by atoms with E-state index in [1.165, 1.54) is 32.2 Å². The molecule has 1 aliphatic carbocycles. The van der Waals surface area contributed by atoms with E-state index in [0.29, 0.717) is 12.1 Å². The molecule has 1 fully saturated rings. The second-order valence-electron chi connectivity index (χ2n) is 4.67. The third-order valence-corrected chi connectivity index (χ3v) is 3.55. The van der Waals surface area contributed by atoms with E-state index in [2.05, 4.69) is 38.0 Å². The van der Waals surface area contributed by atoms with Gasteiger partial charge in [0.25, 0.3) is 0 Å². The number of nitrogens with one attached hydrogen (secondary N) is 1. The normalized spacial score (nSPS) is 28.7. The molecule has 1 rings (SSSR count). The van der Waals surface area contributed by atoms with Gasteiger partial charge in [-0.3, -0.25) is 4.90 Å². The molecule has 0 aliphatic heterocycles. The van der Waals surface area contributed by atoms with Gasteiger partial charge < -0.3 is 5.32 Å². The van der Waals surface area contributed by atoms with Crippen LogP contribution in [0.25, 0.3) is 0 Å². The third kappa shape index (κ3) is 2.71. The van der Waals surface area contributed by atoms with Gasteiger partial charge in [0.05, 0.1) is 0 Å². The van der Waals surface area contributed by atoms with Crippen LogP contribution in [0.4, 0.5) is 0 Å². The Hall–Kier alpha value is -0.0800. The van der Waals surface area contributed by atoms with Gasteiger partial charge in [-0.25, -0.2) is 0 Å². The predicted molar refractivity (Wildman–Crippen MR) is 64.7 cm³/mol. The lowest BCUT2D eigenvalue weighted by molar-refractivity contribution is 0.101. The summed E-state index contributed by atoms with van der Waals surface area (Å²) in [5.74, 6) is 0. The van der Waals surface area contributed by atoms with E-state index in [9.17, 15) is 0 Å². The molecule has 0 aromatic carbocycles. The van der Waals surface area contributed by atoms with Crippen LogP contribution in [0, 0.1) is 0 Å². The fourth-order valence-corrected chi connectivity index (χ4v) is 2.83. The maximum Gasteiger partial charge on any atom is 0.0251 e. The molecule has 0 unspecified atom stereocenters. The van der Waals surface area contributed by atoms with Gasteiger partial charge >= 0.3 is 0 Å². The van der Waals surface area contributed by atoms with Gasteiger partial charge in [-0.1, -0.05) is 19.8 Å². The van der Waals surface area contributed by atoms with E-state index in [1.807, 2.05) is 0 Å². The summed E-state index contributed by atoms with van der Waals surface area (Å²) in [6, 6.07) is 2.16. The van der Waals surface area contributed by atoms with Crippen molar-refractivity contribution >= 4 is 0 Å². The molecule has 0 radical (unpaired) electrons. The van der Waals surface area contributed by atoms with Gasteiger partial charge in [0.15, 0.2) is 0 Å². The average Bonchev–Trinajstić information content (AvgIpc) is 2.19. The van der Waals surface area contributed by atoms with Crippen LogP contribution in [0.2, 0.25) is 0 Å². The van der Waals surface area contributed by atoms with Crippen molar-refractivity contribution in [2.45, 2.75) is 64.6 Å². The highest BCUT2D eigenvalue weighted by molar-refractivity contribution is 4.88. The van der Waals surface area contributed by atoms with Crippen LogP contribution >= 0.6 is 0 Å². The molecule has 0 heterocycles. The fraction of sp³-hybridized carbons (Fsp3) is 1.00. The van der Waals surface area contributed by atoms with E-state index in [1.54, 1.807) is 0 Å². The van der Waals surface area contributed by atoms with Crippen molar-refractivity contribution < 1.29 is 1.43 Å². The number of rotatable bonds is 4.